The Morgan fingerprint density at radius 2 is 1.45 bits per heavy atom. The Hall–Kier alpha value is -2.81. The molecule has 3 heteroatoms. The van der Waals surface area contributed by atoms with Gasteiger partial charge in [-0.05, 0) is 85.3 Å². The van der Waals surface area contributed by atoms with E-state index in [-0.39, 0.29) is 5.91 Å². The average Bonchev–Trinajstić information content (AvgIpc) is 2.78. The van der Waals surface area contributed by atoms with E-state index in [1.807, 2.05) is 42.5 Å². The number of amides is 1. The van der Waals surface area contributed by atoms with Crippen LogP contribution < -0.4 is 10.6 Å². The fraction of sp³-hybridized carbons (Fsp3) is 0.393. The fourth-order valence-electron chi connectivity index (χ4n) is 7.12. The summed E-state index contributed by atoms with van der Waals surface area (Å²) in [4.78, 5) is 13.0. The summed E-state index contributed by atoms with van der Waals surface area (Å²) < 4.78 is 0. The standard InChI is InChI=1S/C28H30N2O/c31-27(23-7-2-1-3-8-23)30-26-24-9-5-4-6-22(24)10-11-25(26)29-18-28-15-19-12-20(16-28)14-21(13-19)17-28/h1-11,19-21,29H,12-18H2,(H,30,31). The molecule has 4 aliphatic carbocycles. The van der Waals surface area contributed by atoms with Crippen molar-refractivity contribution in [1.82, 2.24) is 0 Å². The van der Waals surface area contributed by atoms with Crippen LogP contribution in [0, 0.1) is 23.2 Å². The molecule has 0 aromatic heterocycles. The molecule has 0 saturated heterocycles. The molecule has 31 heavy (non-hydrogen) atoms. The van der Waals surface area contributed by atoms with Crippen LogP contribution in [0.5, 0.6) is 0 Å². The number of rotatable bonds is 5. The highest BCUT2D eigenvalue weighted by atomic mass is 16.1. The Labute approximate surface area is 184 Å². The predicted octanol–water partition coefficient (Wildman–Crippen LogP) is 6.72. The lowest BCUT2D eigenvalue weighted by Crippen LogP contribution is -2.49. The van der Waals surface area contributed by atoms with Crippen molar-refractivity contribution in [1.29, 1.82) is 0 Å². The maximum atomic E-state index is 13.0. The first kappa shape index (κ1) is 18.9. The van der Waals surface area contributed by atoms with Crippen LogP contribution in [0.2, 0.25) is 0 Å². The molecule has 0 heterocycles. The highest BCUT2D eigenvalue weighted by Gasteiger charge is 2.50. The molecular formula is C28H30N2O. The van der Waals surface area contributed by atoms with Gasteiger partial charge in [0.15, 0.2) is 0 Å². The lowest BCUT2D eigenvalue weighted by Gasteiger charge is -2.57. The van der Waals surface area contributed by atoms with Crippen molar-refractivity contribution in [3.05, 3.63) is 72.3 Å². The molecule has 0 spiro atoms. The zero-order chi connectivity index (χ0) is 20.8. The van der Waals surface area contributed by atoms with E-state index in [9.17, 15) is 4.79 Å². The van der Waals surface area contributed by atoms with Crippen molar-refractivity contribution < 1.29 is 4.79 Å². The van der Waals surface area contributed by atoms with Crippen molar-refractivity contribution in [2.45, 2.75) is 38.5 Å². The lowest BCUT2D eigenvalue weighted by molar-refractivity contribution is -0.0444. The normalized spacial score (nSPS) is 28.6. The van der Waals surface area contributed by atoms with Gasteiger partial charge in [0.25, 0.3) is 5.91 Å². The maximum absolute atomic E-state index is 13.0. The first-order valence-corrected chi connectivity index (χ1v) is 11.8. The Kier molecular flexibility index (Phi) is 4.52. The van der Waals surface area contributed by atoms with Gasteiger partial charge in [-0.2, -0.15) is 0 Å². The minimum absolute atomic E-state index is 0.0604. The van der Waals surface area contributed by atoms with Gasteiger partial charge in [0.1, 0.15) is 0 Å². The average molecular weight is 411 g/mol. The zero-order valence-electron chi connectivity index (χ0n) is 17.9. The second-order valence-corrected chi connectivity index (χ2v) is 10.3. The number of hydrogen-bond acceptors (Lipinski definition) is 2. The highest BCUT2D eigenvalue weighted by molar-refractivity contribution is 6.12. The summed E-state index contributed by atoms with van der Waals surface area (Å²) in [6, 6.07) is 22.1. The molecule has 0 aliphatic heterocycles. The van der Waals surface area contributed by atoms with Crippen molar-refractivity contribution in [3.8, 4) is 0 Å². The topological polar surface area (TPSA) is 41.1 Å². The minimum atomic E-state index is -0.0604. The third-order valence-corrected chi connectivity index (χ3v) is 8.02. The smallest absolute Gasteiger partial charge is 0.255 e. The number of carbonyl (C=O) groups excluding carboxylic acids is 1. The molecule has 4 bridgehead atoms. The molecule has 4 fully saturated rings. The number of nitrogens with one attached hydrogen (secondary N) is 2. The van der Waals surface area contributed by atoms with Gasteiger partial charge >= 0.3 is 0 Å². The summed E-state index contributed by atoms with van der Waals surface area (Å²) >= 11 is 0. The largest absolute Gasteiger partial charge is 0.383 e. The molecule has 0 unspecified atom stereocenters. The first-order chi connectivity index (χ1) is 15.2. The van der Waals surface area contributed by atoms with E-state index < -0.39 is 0 Å². The van der Waals surface area contributed by atoms with E-state index in [1.54, 1.807) is 0 Å². The molecule has 2 N–H and O–H groups in total. The Balaban J connectivity index is 1.30. The van der Waals surface area contributed by atoms with Crippen LogP contribution >= 0.6 is 0 Å². The molecule has 3 aromatic carbocycles. The summed E-state index contributed by atoms with van der Waals surface area (Å²) in [5, 5.41) is 9.26. The van der Waals surface area contributed by atoms with Crippen LogP contribution in [0.3, 0.4) is 0 Å². The molecular weight excluding hydrogens is 380 g/mol. The van der Waals surface area contributed by atoms with Crippen molar-refractivity contribution in [2.75, 3.05) is 17.2 Å². The molecule has 158 valence electrons. The SMILES string of the molecule is O=C(Nc1c(NCC23CC4CC(CC(C4)C2)C3)ccc2ccccc12)c1ccccc1. The van der Waals surface area contributed by atoms with Crippen LogP contribution in [0.1, 0.15) is 48.9 Å². The second kappa shape index (κ2) is 7.40. The van der Waals surface area contributed by atoms with Crippen LogP contribution in [0.25, 0.3) is 10.8 Å². The third-order valence-electron chi connectivity index (χ3n) is 8.02. The predicted molar refractivity (Wildman–Crippen MR) is 127 cm³/mol. The van der Waals surface area contributed by atoms with E-state index in [0.29, 0.717) is 11.0 Å². The first-order valence-electron chi connectivity index (χ1n) is 11.8. The van der Waals surface area contributed by atoms with Crippen LogP contribution in [0.4, 0.5) is 11.4 Å². The number of benzene rings is 3. The molecule has 3 nitrogen and oxygen atoms in total. The molecule has 3 aromatic rings. The lowest BCUT2D eigenvalue weighted by atomic mass is 9.49. The summed E-state index contributed by atoms with van der Waals surface area (Å²) in [7, 11) is 0. The summed E-state index contributed by atoms with van der Waals surface area (Å²) in [6.45, 7) is 1.02. The van der Waals surface area contributed by atoms with Gasteiger partial charge in [-0.15, -0.1) is 0 Å². The maximum Gasteiger partial charge on any atom is 0.255 e. The molecule has 4 aliphatic rings. The van der Waals surface area contributed by atoms with E-state index in [4.69, 9.17) is 0 Å². The van der Waals surface area contributed by atoms with Gasteiger partial charge < -0.3 is 10.6 Å². The highest BCUT2D eigenvalue weighted by Crippen LogP contribution is 2.60. The quantitative estimate of drug-likeness (QED) is 0.490. The summed E-state index contributed by atoms with van der Waals surface area (Å²) in [5.41, 5.74) is 3.07. The van der Waals surface area contributed by atoms with Gasteiger partial charge in [0.2, 0.25) is 0 Å². The third kappa shape index (κ3) is 3.50. The minimum Gasteiger partial charge on any atom is -0.383 e. The van der Waals surface area contributed by atoms with E-state index in [1.165, 1.54) is 38.5 Å². The second-order valence-electron chi connectivity index (χ2n) is 10.3. The van der Waals surface area contributed by atoms with Crippen LogP contribution in [-0.2, 0) is 0 Å². The molecule has 7 rings (SSSR count). The molecule has 4 saturated carbocycles. The van der Waals surface area contributed by atoms with E-state index in [0.717, 1.165) is 46.4 Å². The molecule has 0 atom stereocenters. The van der Waals surface area contributed by atoms with Gasteiger partial charge in [-0.3, -0.25) is 4.79 Å². The van der Waals surface area contributed by atoms with Crippen molar-refractivity contribution in [2.24, 2.45) is 23.2 Å². The monoisotopic (exact) mass is 410 g/mol. The Morgan fingerprint density at radius 3 is 2.16 bits per heavy atom. The Morgan fingerprint density at radius 1 is 0.806 bits per heavy atom. The molecule has 0 radical (unpaired) electrons. The number of carbonyl (C=O) groups is 1. The number of anilines is 2. The molecule has 1 amide bonds. The van der Waals surface area contributed by atoms with Gasteiger partial charge in [0.05, 0.1) is 11.4 Å². The fourth-order valence-corrected chi connectivity index (χ4v) is 7.12. The number of hydrogen-bond donors (Lipinski definition) is 2. The van der Waals surface area contributed by atoms with E-state index >= 15 is 0 Å². The number of fused-ring (bicyclic) bond motifs is 1. The Bertz CT molecular complexity index is 1090. The van der Waals surface area contributed by atoms with Crippen LogP contribution in [0.15, 0.2) is 66.7 Å². The van der Waals surface area contributed by atoms with Gasteiger partial charge in [0, 0.05) is 17.5 Å². The van der Waals surface area contributed by atoms with Gasteiger partial charge in [-0.25, -0.2) is 0 Å². The van der Waals surface area contributed by atoms with Gasteiger partial charge in [-0.1, -0.05) is 48.5 Å². The zero-order valence-corrected chi connectivity index (χ0v) is 17.9. The van der Waals surface area contributed by atoms with Crippen molar-refractivity contribution in [3.63, 3.8) is 0 Å². The van der Waals surface area contributed by atoms with Crippen molar-refractivity contribution >= 4 is 28.1 Å². The van der Waals surface area contributed by atoms with Crippen LogP contribution in [-0.4, -0.2) is 12.5 Å². The summed E-state index contributed by atoms with van der Waals surface area (Å²) in [6.07, 6.45) is 8.54. The van der Waals surface area contributed by atoms with E-state index in [2.05, 4.69) is 34.9 Å². The summed E-state index contributed by atoms with van der Waals surface area (Å²) in [5.74, 6) is 2.78.